The predicted octanol–water partition coefficient (Wildman–Crippen LogP) is 1.66. The number of piperazine rings is 1. The van der Waals surface area contributed by atoms with E-state index in [0.717, 1.165) is 0 Å². The van der Waals surface area contributed by atoms with Crippen LogP contribution in [0.2, 0.25) is 0 Å². The van der Waals surface area contributed by atoms with E-state index in [0.29, 0.717) is 54.7 Å². The molecule has 0 aliphatic carbocycles. The molecule has 10 heteroatoms. The van der Waals surface area contributed by atoms with Gasteiger partial charge in [-0.2, -0.15) is 0 Å². The van der Waals surface area contributed by atoms with E-state index in [9.17, 15) is 14.4 Å². The Morgan fingerprint density at radius 2 is 1.84 bits per heavy atom. The summed E-state index contributed by atoms with van der Waals surface area (Å²) in [5, 5.41) is 2.91. The van der Waals surface area contributed by atoms with E-state index in [4.69, 9.17) is 14.2 Å². The smallest absolute Gasteiger partial charge is 0.303 e. The first kappa shape index (κ1) is 21.4. The average molecular weight is 440 g/mol. The first-order chi connectivity index (χ1) is 15.4. The zero-order valence-electron chi connectivity index (χ0n) is 17.9. The fourth-order valence-electron chi connectivity index (χ4n) is 3.67. The Balaban J connectivity index is 1.41. The summed E-state index contributed by atoms with van der Waals surface area (Å²) >= 11 is 0. The molecule has 32 heavy (non-hydrogen) atoms. The molecule has 0 unspecified atom stereocenters. The van der Waals surface area contributed by atoms with E-state index < -0.39 is 12.1 Å². The van der Waals surface area contributed by atoms with Gasteiger partial charge in [0.05, 0.1) is 5.69 Å². The van der Waals surface area contributed by atoms with Crippen LogP contribution in [0.5, 0.6) is 11.5 Å². The monoisotopic (exact) mass is 440 g/mol. The van der Waals surface area contributed by atoms with Crippen molar-refractivity contribution in [3.05, 3.63) is 42.1 Å². The fourth-order valence-corrected chi connectivity index (χ4v) is 3.67. The van der Waals surface area contributed by atoms with Gasteiger partial charge in [0.2, 0.25) is 6.79 Å². The standard InChI is InChI=1S/C22H24N4O6/c1-14(32-15(2)27)22(29)26-10-8-25(9-11-26)20-17(4-3-7-23-20)24-21(28)16-5-6-18-19(12-16)31-13-30-18/h3-7,12,14H,8-11,13H2,1-2H3,(H,24,28)/t14-/m0/s1. The van der Waals surface area contributed by atoms with Crippen molar-refractivity contribution in [2.45, 2.75) is 20.0 Å². The lowest BCUT2D eigenvalue weighted by Crippen LogP contribution is -2.52. The van der Waals surface area contributed by atoms with E-state index in [2.05, 4.69) is 10.3 Å². The van der Waals surface area contributed by atoms with Gasteiger partial charge in [0.1, 0.15) is 0 Å². The van der Waals surface area contributed by atoms with E-state index >= 15 is 0 Å². The van der Waals surface area contributed by atoms with Crippen LogP contribution >= 0.6 is 0 Å². The van der Waals surface area contributed by atoms with E-state index in [-0.39, 0.29) is 18.6 Å². The Labute approximate surface area is 185 Å². The minimum atomic E-state index is -0.814. The van der Waals surface area contributed by atoms with E-state index in [1.54, 1.807) is 48.4 Å². The van der Waals surface area contributed by atoms with Crippen molar-refractivity contribution >= 4 is 29.3 Å². The second-order valence-corrected chi connectivity index (χ2v) is 7.46. The quantitative estimate of drug-likeness (QED) is 0.699. The van der Waals surface area contributed by atoms with Crippen LogP contribution in [0, 0.1) is 0 Å². The summed E-state index contributed by atoms with van der Waals surface area (Å²) in [5.41, 5.74) is 1.02. The number of fused-ring (bicyclic) bond motifs is 1. The normalized spacial score (nSPS) is 15.8. The van der Waals surface area contributed by atoms with Crippen LogP contribution in [0.4, 0.5) is 11.5 Å². The molecule has 168 valence electrons. The van der Waals surface area contributed by atoms with Crippen LogP contribution in [0.15, 0.2) is 36.5 Å². The molecule has 1 aromatic heterocycles. The van der Waals surface area contributed by atoms with Gasteiger partial charge in [-0.05, 0) is 37.3 Å². The molecule has 2 amide bonds. The summed E-state index contributed by atoms with van der Waals surface area (Å²) in [7, 11) is 0. The molecular weight excluding hydrogens is 416 g/mol. The number of hydrogen-bond donors (Lipinski definition) is 1. The molecule has 2 aliphatic heterocycles. The third-order valence-corrected chi connectivity index (χ3v) is 5.25. The number of aromatic nitrogens is 1. The molecule has 3 heterocycles. The minimum Gasteiger partial charge on any atom is -0.454 e. The SMILES string of the molecule is CC(=O)O[C@@H](C)C(=O)N1CCN(c2ncccc2NC(=O)c2ccc3c(c2)OCO3)CC1. The Kier molecular flexibility index (Phi) is 6.11. The molecule has 0 spiro atoms. The third kappa shape index (κ3) is 4.58. The molecule has 0 saturated carbocycles. The van der Waals surface area contributed by atoms with Crippen molar-refractivity contribution in [1.82, 2.24) is 9.88 Å². The molecule has 1 atom stereocenters. The minimum absolute atomic E-state index is 0.140. The van der Waals surface area contributed by atoms with Crippen LogP contribution in [0.1, 0.15) is 24.2 Å². The zero-order valence-corrected chi connectivity index (χ0v) is 17.9. The molecule has 10 nitrogen and oxygen atoms in total. The molecule has 0 bridgehead atoms. The molecule has 0 radical (unpaired) electrons. The molecular formula is C22H24N4O6. The first-order valence-electron chi connectivity index (χ1n) is 10.3. The van der Waals surface area contributed by atoms with Gasteiger partial charge >= 0.3 is 5.97 Å². The van der Waals surface area contributed by atoms with Crippen LogP contribution in [-0.4, -0.2) is 66.7 Å². The molecule has 1 fully saturated rings. The number of rotatable bonds is 5. The molecule has 1 N–H and O–H groups in total. The van der Waals surface area contributed by atoms with Gasteiger partial charge in [0.25, 0.3) is 11.8 Å². The number of pyridine rings is 1. The van der Waals surface area contributed by atoms with Gasteiger partial charge in [0, 0.05) is 44.9 Å². The van der Waals surface area contributed by atoms with Gasteiger partial charge < -0.3 is 29.3 Å². The Morgan fingerprint density at radius 1 is 1.09 bits per heavy atom. The predicted molar refractivity (Wildman–Crippen MR) is 115 cm³/mol. The number of benzene rings is 1. The maximum atomic E-state index is 12.8. The summed E-state index contributed by atoms with van der Waals surface area (Å²) < 4.78 is 15.6. The number of ether oxygens (including phenoxy) is 3. The lowest BCUT2D eigenvalue weighted by atomic mass is 10.2. The Morgan fingerprint density at radius 3 is 2.59 bits per heavy atom. The van der Waals surface area contributed by atoms with Crippen LogP contribution < -0.4 is 19.7 Å². The van der Waals surface area contributed by atoms with E-state index in [1.165, 1.54) is 6.92 Å². The van der Waals surface area contributed by atoms with Crippen molar-refractivity contribution in [3.8, 4) is 11.5 Å². The zero-order chi connectivity index (χ0) is 22.7. The van der Waals surface area contributed by atoms with Gasteiger partial charge in [-0.1, -0.05) is 0 Å². The highest BCUT2D eigenvalue weighted by molar-refractivity contribution is 6.06. The number of nitrogens with one attached hydrogen (secondary N) is 1. The third-order valence-electron chi connectivity index (χ3n) is 5.25. The van der Waals surface area contributed by atoms with Crippen molar-refractivity contribution in [2.75, 3.05) is 43.2 Å². The lowest BCUT2D eigenvalue weighted by molar-refractivity contribution is -0.157. The van der Waals surface area contributed by atoms with Gasteiger partial charge in [-0.15, -0.1) is 0 Å². The summed E-state index contributed by atoms with van der Waals surface area (Å²) in [5.74, 6) is 0.771. The van der Waals surface area contributed by atoms with Crippen LogP contribution in [0.3, 0.4) is 0 Å². The number of carbonyl (C=O) groups excluding carboxylic acids is 3. The number of carbonyl (C=O) groups is 3. The van der Waals surface area contributed by atoms with Gasteiger partial charge in [-0.25, -0.2) is 4.98 Å². The number of anilines is 2. The number of amides is 2. The van der Waals surface area contributed by atoms with Crippen molar-refractivity contribution in [1.29, 1.82) is 0 Å². The van der Waals surface area contributed by atoms with Crippen molar-refractivity contribution in [3.63, 3.8) is 0 Å². The molecule has 2 aromatic rings. The fraction of sp³-hybridized carbons (Fsp3) is 0.364. The highest BCUT2D eigenvalue weighted by atomic mass is 16.7. The maximum absolute atomic E-state index is 12.8. The highest BCUT2D eigenvalue weighted by Crippen LogP contribution is 2.33. The van der Waals surface area contributed by atoms with Crippen molar-refractivity contribution in [2.24, 2.45) is 0 Å². The number of esters is 1. The summed E-state index contributed by atoms with van der Waals surface area (Å²) in [6.07, 6.45) is 0.844. The topological polar surface area (TPSA) is 110 Å². The molecule has 4 rings (SSSR count). The molecule has 2 aliphatic rings. The largest absolute Gasteiger partial charge is 0.454 e. The van der Waals surface area contributed by atoms with Crippen LogP contribution in [0.25, 0.3) is 0 Å². The summed E-state index contributed by atoms with van der Waals surface area (Å²) in [4.78, 5) is 44.5. The summed E-state index contributed by atoms with van der Waals surface area (Å²) in [6.45, 7) is 4.96. The first-order valence-corrected chi connectivity index (χ1v) is 10.3. The second-order valence-electron chi connectivity index (χ2n) is 7.46. The van der Waals surface area contributed by atoms with Gasteiger partial charge in [0.15, 0.2) is 23.4 Å². The number of hydrogen-bond acceptors (Lipinski definition) is 8. The summed E-state index contributed by atoms with van der Waals surface area (Å²) in [6, 6.07) is 8.55. The average Bonchev–Trinajstić information content (AvgIpc) is 3.26. The Hall–Kier alpha value is -3.82. The molecule has 1 aromatic carbocycles. The highest BCUT2D eigenvalue weighted by Gasteiger charge is 2.28. The Bertz CT molecular complexity index is 1030. The van der Waals surface area contributed by atoms with E-state index in [1.807, 2.05) is 4.90 Å². The molecule has 1 saturated heterocycles. The van der Waals surface area contributed by atoms with Gasteiger partial charge in [-0.3, -0.25) is 14.4 Å². The number of nitrogens with zero attached hydrogens (tertiary/aromatic N) is 3. The lowest BCUT2D eigenvalue weighted by Gasteiger charge is -2.36. The maximum Gasteiger partial charge on any atom is 0.303 e. The second kappa shape index (κ2) is 9.13. The van der Waals surface area contributed by atoms with Crippen molar-refractivity contribution < 1.29 is 28.6 Å². The van der Waals surface area contributed by atoms with Crippen LogP contribution in [-0.2, 0) is 14.3 Å².